The summed E-state index contributed by atoms with van der Waals surface area (Å²) in [6.45, 7) is 4.29. The van der Waals surface area contributed by atoms with Gasteiger partial charge in [-0.15, -0.1) is 0 Å². The highest BCUT2D eigenvalue weighted by molar-refractivity contribution is 6.03. The van der Waals surface area contributed by atoms with Gasteiger partial charge in [0.15, 0.2) is 0 Å². The number of carbonyl (C=O) groups excluding carboxylic acids is 2. The van der Waals surface area contributed by atoms with E-state index in [1.807, 2.05) is 25.1 Å². The molecule has 0 amide bonds. The van der Waals surface area contributed by atoms with Crippen molar-refractivity contribution < 1.29 is 14.3 Å². The van der Waals surface area contributed by atoms with Crippen LogP contribution in [0.4, 0.5) is 0 Å². The Morgan fingerprint density at radius 2 is 1.71 bits per heavy atom. The molecule has 2 bridgehead atoms. The van der Waals surface area contributed by atoms with E-state index in [0.29, 0.717) is 0 Å². The molecule has 0 N–H and O–H groups in total. The molecular formula is C21H22O3. The summed E-state index contributed by atoms with van der Waals surface area (Å²) >= 11 is 0. The number of ether oxygens (including phenoxy) is 1. The number of hydrogen-bond donors (Lipinski definition) is 0. The molecule has 0 radical (unpaired) electrons. The highest BCUT2D eigenvalue weighted by atomic mass is 16.6. The second kappa shape index (κ2) is 4.01. The monoisotopic (exact) mass is 322 g/mol. The molecule has 2 saturated carbocycles. The maximum atomic E-state index is 13.0. The standard InChI is InChI=1S/C21H22O3/c1-18-10-6-7-11-20(18)12-13-21(18,14-8-4-3-5-9-14)19(2)15(20)16(22)24-17(19)23/h3-5,8-9,12-13,15H,6-7,10-11H2,1-2H3/t15-,18+,19-,20-,21+/m1/s1. The average Bonchev–Trinajstić information content (AvgIpc) is 3.05. The van der Waals surface area contributed by atoms with Crippen LogP contribution in [-0.4, -0.2) is 11.9 Å². The molecular weight excluding hydrogens is 300 g/mol. The van der Waals surface area contributed by atoms with Crippen LogP contribution in [0.2, 0.25) is 0 Å². The maximum absolute atomic E-state index is 13.0. The van der Waals surface area contributed by atoms with Crippen LogP contribution < -0.4 is 0 Å². The van der Waals surface area contributed by atoms with Crippen LogP contribution in [0.3, 0.4) is 0 Å². The molecule has 3 fully saturated rings. The first-order chi connectivity index (χ1) is 11.4. The van der Waals surface area contributed by atoms with E-state index in [9.17, 15) is 9.59 Å². The molecule has 0 aromatic heterocycles. The molecule has 1 aromatic carbocycles. The van der Waals surface area contributed by atoms with E-state index < -0.39 is 10.8 Å². The third-order valence-electron chi connectivity index (χ3n) is 8.04. The van der Waals surface area contributed by atoms with Crippen LogP contribution in [0.25, 0.3) is 0 Å². The van der Waals surface area contributed by atoms with Crippen molar-refractivity contribution in [3.63, 3.8) is 0 Å². The quantitative estimate of drug-likeness (QED) is 0.449. The lowest BCUT2D eigenvalue weighted by Gasteiger charge is -2.51. The van der Waals surface area contributed by atoms with Crippen molar-refractivity contribution in [2.45, 2.75) is 44.9 Å². The third kappa shape index (κ3) is 1.11. The van der Waals surface area contributed by atoms with Gasteiger partial charge >= 0.3 is 11.9 Å². The van der Waals surface area contributed by atoms with Gasteiger partial charge in [-0.1, -0.05) is 62.2 Å². The van der Waals surface area contributed by atoms with Gasteiger partial charge in [0, 0.05) is 10.8 Å². The summed E-state index contributed by atoms with van der Waals surface area (Å²) < 4.78 is 5.23. The minimum absolute atomic E-state index is 0.117. The molecule has 0 spiro atoms. The van der Waals surface area contributed by atoms with Gasteiger partial charge in [0.1, 0.15) is 0 Å². The number of benzene rings is 1. The van der Waals surface area contributed by atoms with E-state index in [1.165, 1.54) is 0 Å². The molecule has 3 heteroatoms. The third-order valence-corrected chi connectivity index (χ3v) is 8.04. The molecule has 1 aromatic rings. The van der Waals surface area contributed by atoms with E-state index in [-0.39, 0.29) is 28.7 Å². The topological polar surface area (TPSA) is 43.4 Å². The molecule has 124 valence electrons. The first-order valence-electron chi connectivity index (χ1n) is 8.96. The molecule has 0 unspecified atom stereocenters. The Labute approximate surface area is 142 Å². The number of hydrogen-bond acceptors (Lipinski definition) is 3. The lowest BCUT2D eigenvalue weighted by molar-refractivity contribution is -0.159. The van der Waals surface area contributed by atoms with E-state index in [0.717, 1.165) is 31.2 Å². The van der Waals surface area contributed by atoms with E-state index >= 15 is 0 Å². The van der Waals surface area contributed by atoms with Gasteiger partial charge in [0.2, 0.25) is 0 Å². The number of rotatable bonds is 1. The van der Waals surface area contributed by atoms with Crippen LogP contribution in [0.5, 0.6) is 0 Å². The fraction of sp³-hybridized carbons (Fsp3) is 0.524. The molecule has 3 aliphatic carbocycles. The van der Waals surface area contributed by atoms with Gasteiger partial charge < -0.3 is 4.74 Å². The molecule has 3 nitrogen and oxygen atoms in total. The Balaban J connectivity index is 1.90. The van der Waals surface area contributed by atoms with E-state index in [4.69, 9.17) is 4.74 Å². The van der Waals surface area contributed by atoms with E-state index in [1.54, 1.807) is 0 Å². The Hall–Kier alpha value is -1.90. The zero-order valence-corrected chi connectivity index (χ0v) is 14.2. The predicted molar refractivity (Wildman–Crippen MR) is 89.0 cm³/mol. The Morgan fingerprint density at radius 3 is 2.46 bits per heavy atom. The fourth-order valence-electron chi connectivity index (χ4n) is 7.14. The number of fused-ring (bicyclic) bond motifs is 2. The molecule has 5 rings (SSSR count). The van der Waals surface area contributed by atoms with Crippen molar-refractivity contribution in [3.8, 4) is 0 Å². The number of allylic oxidation sites excluding steroid dienone is 2. The average molecular weight is 322 g/mol. The molecule has 24 heavy (non-hydrogen) atoms. The van der Waals surface area contributed by atoms with Crippen molar-refractivity contribution in [2.24, 2.45) is 22.2 Å². The van der Waals surface area contributed by atoms with E-state index in [2.05, 4.69) is 31.2 Å². The summed E-state index contributed by atoms with van der Waals surface area (Å²) in [6, 6.07) is 10.3. The van der Waals surface area contributed by atoms with Gasteiger partial charge in [-0.2, -0.15) is 0 Å². The molecule has 1 heterocycles. The van der Waals surface area contributed by atoms with Crippen molar-refractivity contribution in [1.29, 1.82) is 0 Å². The van der Waals surface area contributed by atoms with Gasteiger partial charge in [0.25, 0.3) is 0 Å². The zero-order valence-electron chi connectivity index (χ0n) is 14.2. The highest BCUT2D eigenvalue weighted by Crippen LogP contribution is 2.83. The Morgan fingerprint density at radius 1 is 1.00 bits per heavy atom. The fourth-order valence-corrected chi connectivity index (χ4v) is 7.14. The van der Waals surface area contributed by atoms with Gasteiger partial charge in [-0.25, -0.2) is 0 Å². The van der Waals surface area contributed by atoms with Crippen LogP contribution in [0.1, 0.15) is 45.1 Å². The number of carbonyl (C=O) groups is 2. The molecule has 5 atom stereocenters. The first-order valence-corrected chi connectivity index (χ1v) is 8.96. The van der Waals surface area contributed by atoms with Crippen LogP contribution in [0, 0.1) is 22.2 Å². The summed E-state index contributed by atoms with van der Waals surface area (Å²) in [6.07, 6.45) is 8.80. The summed E-state index contributed by atoms with van der Waals surface area (Å²) in [7, 11) is 0. The summed E-state index contributed by atoms with van der Waals surface area (Å²) in [5.41, 5.74) is -0.494. The molecule has 4 aliphatic rings. The van der Waals surface area contributed by atoms with Crippen LogP contribution in [0.15, 0.2) is 42.5 Å². The first kappa shape index (κ1) is 14.4. The zero-order chi connectivity index (χ0) is 16.8. The smallest absolute Gasteiger partial charge is 0.321 e. The Kier molecular flexibility index (Phi) is 2.41. The van der Waals surface area contributed by atoms with Crippen molar-refractivity contribution >= 4 is 11.9 Å². The second-order valence-electron chi connectivity index (χ2n) is 8.43. The maximum Gasteiger partial charge on any atom is 0.321 e. The number of esters is 2. The summed E-state index contributed by atoms with van der Waals surface area (Å²) in [5.74, 6) is -0.994. The SMILES string of the molecule is C[C@]12CCCC[C@]13C=C[C@@]2(c1ccccc1)[C@@]1(C)C(=O)OC(=O)[C@@H]31. The molecule has 1 saturated heterocycles. The van der Waals surface area contributed by atoms with Crippen molar-refractivity contribution in [3.05, 3.63) is 48.0 Å². The van der Waals surface area contributed by atoms with Crippen LogP contribution in [-0.2, 0) is 19.7 Å². The minimum Gasteiger partial charge on any atom is -0.392 e. The van der Waals surface area contributed by atoms with Crippen molar-refractivity contribution in [2.75, 3.05) is 0 Å². The molecule has 1 aliphatic heterocycles. The normalized spacial score (nSPS) is 48.3. The largest absolute Gasteiger partial charge is 0.392 e. The lowest BCUT2D eigenvalue weighted by atomic mass is 9.51. The van der Waals surface area contributed by atoms with Crippen molar-refractivity contribution in [1.82, 2.24) is 0 Å². The predicted octanol–water partition coefficient (Wildman–Crippen LogP) is 3.78. The highest BCUT2D eigenvalue weighted by Gasteiger charge is 2.86. The summed E-state index contributed by atoms with van der Waals surface area (Å²) in [4.78, 5) is 25.7. The Bertz CT molecular complexity index is 797. The summed E-state index contributed by atoms with van der Waals surface area (Å²) in [5, 5.41) is 0. The lowest BCUT2D eigenvalue weighted by Crippen LogP contribution is -2.51. The number of cyclic esters (lactones) is 2. The second-order valence-corrected chi connectivity index (χ2v) is 8.43. The van der Waals surface area contributed by atoms with Crippen LogP contribution >= 0.6 is 0 Å². The van der Waals surface area contributed by atoms with Gasteiger partial charge in [-0.3, -0.25) is 9.59 Å². The minimum atomic E-state index is -0.806. The van der Waals surface area contributed by atoms with Gasteiger partial charge in [-0.05, 0) is 30.7 Å². The van der Waals surface area contributed by atoms with Gasteiger partial charge in [0.05, 0.1) is 11.3 Å².